The van der Waals surface area contributed by atoms with Crippen molar-refractivity contribution < 1.29 is 14.3 Å². The molecule has 21 heavy (non-hydrogen) atoms. The zero-order chi connectivity index (χ0) is 14.5. The first kappa shape index (κ1) is 14.2. The van der Waals surface area contributed by atoms with Gasteiger partial charge in [-0.1, -0.05) is 12.1 Å². The van der Waals surface area contributed by atoms with Crippen LogP contribution in [-0.2, 0) is 4.79 Å². The summed E-state index contributed by atoms with van der Waals surface area (Å²) >= 11 is 0. The van der Waals surface area contributed by atoms with E-state index in [2.05, 4.69) is 10.6 Å². The van der Waals surface area contributed by atoms with Crippen molar-refractivity contribution in [2.45, 2.75) is 25.4 Å². The van der Waals surface area contributed by atoms with E-state index in [1.165, 1.54) is 12.8 Å². The van der Waals surface area contributed by atoms with Gasteiger partial charge >= 0.3 is 0 Å². The highest BCUT2D eigenvalue weighted by Gasteiger charge is 2.27. The Balaban J connectivity index is 1.44. The molecule has 0 aliphatic carbocycles. The lowest BCUT2D eigenvalue weighted by Gasteiger charge is -2.26. The largest absolute Gasteiger partial charge is 0.485 e. The van der Waals surface area contributed by atoms with Crippen LogP contribution < -0.4 is 20.1 Å². The maximum Gasteiger partial charge on any atom is 0.264 e. The molecule has 2 atom stereocenters. The molecule has 2 aliphatic rings. The van der Waals surface area contributed by atoms with Crippen LogP contribution in [0.3, 0.4) is 0 Å². The number of amides is 1. The van der Waals surface area contributed by atoms with Crippen LogP contribution in [0.5, 0.6) is 11.5 Å². The van der Waals surface area contributed by atoms with Crippen LogP contribution >= 0.6 is 0 Å². The van der Waals surface area contributed by atoms with Gasteiger partial charge in [-0.3, -0.25) is 4.79 Å². The molecular weight excluding hydrogens is 268 g/mol. The molecule has 2 N–H and O–H groups in total. The fraction of sp³-hybridized carbons (Fsp3) is 0.562. The second-order valence-electron chi connectivity index (χ2n) is 5.66. The van der Waals surface area contributed by atoms with E-state index in [4.69, 9.17) is 9.47 Å². The molecule has 1 fully saturated rings. The van der Waals surface area contributed by atoms with Crippen molar-refractivity contribution in [1.29, 1.82) is 0 Å². The molecule has 1 saturated heterocycles. The first-order valence-corrected chi connectivity index (χ1v) is 7.70. The molecule has 5 nitrogen and oxygen atoms in total. The number of carbonyl (C=O) groups excluding carboxylic acids is 1. The molecule has 0 saturated carbocycles. The van der Waals surface area contributed by atoms with E-state index in [-0.39, 0.29) is 12.5 Å². The zero-order valence-electron chi connectivity index (χ0n) is 12.1. The highest BCUT2D eigenvalue weighted by Crippen LogP contribution is 2.30. The van der Waals surface area contributed by atoms with E-state index in [9.17, 15) is 4.79 Å². The molecule has 2 aliphatic heterocycles. The molecule has 1 aromatic rings. The van der Waals surface area contributed by atoms with Gasteiger partial charge in [-0.05, 0) is 50.4 Å². The summed E-state index contributed by atoms with van der Waals surface area (Å²) in [7, 11) is 0. The van der Waals surface area contributed by atoms with Crippen LogP contribution in [0, 0.1) is 5.92 Å². The van der Waals surface area contributed by atoms with Crippen molar-refractivity contribution in [2.24, 2.45) is 5.92 Å². The maximum absolute atomic E-state index is 12.1. The Morgan fingerprint density at radius 3 is 3.00 bits per heavy atom. The van der Waals surface area contributed by atoms with Gasteiger partial charge in [0.2, 0.25) is 6.10 Å². The number of para-hydroxylation sites is 2. The summed E-state index contributed by atoms with van der Waals surface area (Å²) in [4.78, 5) is 12.1. The SMILES string of the molecule is O=C(NCCC1CCCNC1)C1COc2ccccc2O1. The van der Waals surface area contributed by atoms with Crippen molar-refractivity contribution in [2.75, 3.05) is 26.2 Å². The van der Waals surface area contributed by atoms with Crippen LogP contribution in [0.4, 0.5) is 0 Å². The lowest BCUT2D eigenvalue weighted by molar-refractivity contribution is -0.130. The van der Waals surface area contributed by atoms with Crippen molar-refractivity contribution >= 4 is 5.91 Å². The topological polar surface area (TPSA) is 59.6 Å². The summed E-state index contributed by atoms with van der Waals surface area (Å²) in [5.74, 6) is 1.92. The van der Waals surface area contributed by atoms with Gasteiger partial charge in [0.15, 0.2) is 11.5 Å². The van der Waals surface area contributed by atoms with Gasteiger partial charge in [0.25, 0.3) is 5.91 Å². The highest BCUT2D eigenvalue weighted by atomic mass is 16.6. The fourth-order valence-corrected chi connectivity index (χ4v) is 2.83. The third-order valence-corrected chi connectivity index (χ3v) is 4.05. The van der Waals surface area contributed by atoms with E-state index in [0.29, 0.717) is 24.0 Å². The quantitative estimate of drug-likeness (QED) is 0.878. The van der Waals surface area contributed by atoms with E-state index >= 15 is 0 Å². The Morgan fingerprint density at radius 1 is 1.33 bits per heavy atom. The van der Waals surface area contributed by atoms with E-state index in [1.54, 1.807) is 0 Å². The molecule has 0 bridgehead atoms. The molecule has 0 aromatic heterocycles. The summed E-state index contributed by atoms with van der Waals surface area (Å²) in [6, 6.07) is 7.43. The van der Waals surface area contributed by atoms with Gasteiger partial charge in [-0.15, -0.1) is 0 Å². The summed E-state index contributed by atoms with van der Waals surface area (Å²) < 4.78 is 11.2. The van der Waals surface area contributed by atoms with Crippen LogP contribution in [0.2, 0.25) is 0 Å². The monoisotopic (exact) mass is 290 g/mol. The summed E-state index contributed by atoms with van der Waals surface area (Å²) in [5.41, 5.74) is 0. The smallest absolute Gasteiger partial charge is 0.264 e. The number of piperidine rings is 1. The lowest BCUT2D eigenvalue weighted by atomic mass is 9.96. The molecule has 114 valence electrons. The minimum Gasteiger partial charge on any atom is -0.485 e. The Hall–Kier alpha value is -1.75. The van der Waals surface area contributed by atoms with Crippen molar-refractivity contribution in [3.05, 3.63) is 24.3 Å². The molecule has 1 aromatic carbocycles. The predicted octanol–water partition coefficient (Wildman–Crippen LogP) is 1.33. The Labute approximate surface area is 125 Å². The molecule has 1 amide bonds. The van der Waals surface area contributed by atoms with E-state index < -0.39 is 6.10 Å². The predicted molar refractivity (Wildman–Crippen MR) is 79.6 cm³/mol. The van der Waals surface area contributed by atoms with Crippen molar-refractivity contribution in [1.82, 2.24) is 10.6 Å². The number of ether oxygens (including phenoxy) is 2. The minimum atomic E-state index is -0.551. The number of rotatable bonds is 4. The normalized spacial score (nSPS) is 24.4. The van der Waals surface area contributed by atoms with E-state index in [0.717, 1.165) is 19.5 Å². The molecule has 0 radical (unpaired) electrons. The summed E-state index contributed by atoms with van der Waals surface area (Å²) in [5, 5.41) is 6.35. The van der Waals surface area contributed by atoms with Crippen LogP contribution in [0.15, 0.2) is 24.3 Å². The van der Waals surface area contributed by atoms with Gasteiger partial charge in [0.05, 0.1) is 0 Å². The standard InChI is InChI=1S/C16H22N2O3/c19-16(18-9-7-12-4-3-8-17-10-12)15-11-20-13-5-1-2-6-14(13)21-15/h1-2,5-6,12,15,17H,3-4,7-11H2,(H,18,19). The van der Waals surface area contributed by atoms with Gasteiger partial charge in [0, 0.05) is 6.54 Å². The molecule has 2 heterocycles. The number of hydrogen-bond donors (Lipinski definition) is 2. The van der Waals surface area contributed by atoms with Crippen LogP contribution in [-0.4, -0.2) is 38.3 Å². The van der Waals surface area contributed by atoms with Gasteiger partial charge in [-0.25, -0.2) is 0 Å². The Bertz CT molecular complexity index is 486. The van der Waals surface area contributed by atoms with Gasteiger partial charge < -0.3 is 20.1 Å². The van der Waals surface area contributed by atoms with E-state index in [1.807, 2.05) is 24.3 Å². The Kier molecular flexibility index (Phi) is 4.60. The Morgan fingerprint density at radius 2 is 2.19 bits per heavy atom. The maximum atomic E-state index is 12.1. The first-order chi connectivity index (χ1) is 10.3. The second-order valence-corrected chi connectivity index (χ2v) is 5.66. The summed E-state index contributed by atoms with van der Waals surface area (Å²) in [6.07, 6.45) is 2.95. The third-order valence-electron chi connectivity index (χ3n) is 4.05. The molecule has 0 spiro atoms. The molecular formula is C16H22N2O3. The average molecular weight is 290 g/mol. The van der Waals surface area contributed by atoms with Gasteiger partial charge in [0.1, 0.15) is 6.61 Å². The molecule has 2 unspecified atom stereocenters. The van der Waals surface area contributed by atoms with Crippen LogP contribution in [0.25, 0.3) is 0 Å². The number of carbonyl (C=O) groups is 1. The second kappa shape index (κ2) is 6.80. The van der Waals surface area contributed by atoms with Crippen molar-refractivity contribution in [3.8, 4) is 11.5 Å². The fourth-order valence-electron chi connectivity index (χ4n) is 2.83. The van der Waals surface area contributed by atoms with Crippen LogP contribution in [0.1, 0.15) is 19.3 Å². The average Bonchev–Trinajstić information content (AvgIpc) is 2.55. The number of fused-ring (bicyclic) bond motifs is 1. The zero-order valence-corrected chi connectivity index (χ0v) is 12.1. The minimum absolute atomic E-state index is 0.0896. The third kappa shape index (κ3) is 3.67. The summed E-state index contributed by atoms with van der Waals surface area (Å²) in [6.45, 7) is 3.16. The molecule has 3 rings (SSSR count). The number of nitrogens with one attached hydrogen (secondary N) is 2. The number of hydrogen-bond acceptors (Lipinski definition) is 4. The lowest BCUT2D eigenvalue weighted by Crippen LogP contribution is -2.44. The van der Waals surface area contributed by atoms with Gasteiger partial charge in [-0.2, -0.15) is 0 Å². The molecule has 5 heteroatoms. The first-order valence-electron chi connectivity index (χ1n) is 7.70. The highest BCUT2D eigenvalue weighted by molar-refractivity contribution is 5.81. The number of benzene rings is 1. The van der Waals surface area contributed by atoms with Crippen molar-refractivity contribution in [3.63, 3.8) is 0 Å².